The first-order chi connectivity index (χ1) is 20.1. The third-order valence-corrected chi connectivity index (χ3v) is 11.7. The molecule has 0 aliphatic heterocycles. The predicted octanol–water partition coefficient (Wildman–Crippen LogP) is 8.68. The highest BCUT2D eigenvalue weighted by Crippen LogP contribution is 2.64. The normalized spacial score (nSPS) is 30.9. The molecule has 0 atom stereocenters. The first-order valence-electron chi connectivity index (χ1n) is 16.1. The van der Waals surface area contributed by atoms with Crippen LogP contribution in [0.15, 0.2) is 38.8 Å². The van der Waals surface area contributed by atoms with Gasteiger partial charge in [0.25, 0.3) is 0 Å². The van der Waals surface area contributed by atoms with Crippen molar-refractivity contribution >= 4 is 23.9 Å². The molecule has 0 radical (unpaired) electrons. The van der Waals surface area contributed by atoms with E-state index >= 15 is 0 Å². The fraction of sp³-hybridized carbons (Fsp3) is 0.758. The van der Waals surface area contributed by atoms with Crippen LogP contribution < -0.4 is 4.74 Å². The topological polar surface area (TPSA) is 89.7 Å². The lowest BCUT2D eigenvalue weighted by Gasteiger charge is -2.59. The van der Waals surface area contributed by atoms with Crippen molar-refractivity contribution in [3.05, 3.63) is 34.7 Å². The molecule has 4 bridgehead atoms. The molecule has 0 unspecified atom stereocenters. The van der Waals surface area contributed by atoms with Crippen LogP contribution in [-0.4, -0.2) is 42.5 Å². The molecule has 41 heavy (non-hydrogen) atoms. The lowest BCUT2D eigenvalue weighted by atomic mass is 9.51. The Balaban J connectivity index is 0.000000191. The molecule has 0 aromatic heterocycles. The Morgan fingerprint density at radius 1 is 0.854 bits per heavy atom. The summed E-state index contributed by atoms with van der Waals surface area (Å²) >= 11 is 1.23. The Bertz CT molecular complexity index is 1010. The molecule has 1 aromatic rings. The number of ether oxygens (including phenoxy) is 2. The van der Waals surface area contributed by atoms with E-state index in [4.69, 9.17) is 9.47 Å². The smallest absolute Gasteiger partial charge is 0.338 e. The maximum absolute atomic E-state index is 12.3. The molecular formula is C33H47N3O4S. The van der Waals surface area contributed by atoms with Gasteiger partial charge in [0.2, 0.25) is 0 Å². The first kappa shape index (κ1) is 30.3. The first-order valence-corrected chi connectivity index (χ1v) is 16.8. The molecule has 0 amide bonds. The van der Waals surface area contributed by atoms with Gasteiger partial charge in [-0.1, -0.05) is 38.5 Å². The standard InChI is InChI=1S/C20H25NO4S.C13H22N2/c1-24-18-4-2-15(3-5-18)19(22)25-7-6-20(26-21-23)16-9-13-8-14(11-16)12-17(20)10-13;1-3-7-12(8-4-1)14-11-15-13-9-5-2-6-10-13/h2-5,13-14,16-17H,6-12H2,1H3;12-13H,1-10H2. The third kappa shape index (κ3) is 7.81. The van der Waals surface area contributed by atoms with Crippen LogP contribution in [0.4, 0.5) is 0 Å². The van der Waals surface area contributed by atoms with E-state index in [1.165, 1.54) is 108 Å². The molecular weight excluding hydrogens is 534 g/mol. The van der Waals surface area contributed by atoms with Gasteiger partial charge in [-0.2, -0.15) is 0 Å². The summed E-state index contributed by atoms with van der Waals surface area (Å²) in [5, 5.41) is 0. The van der Waals surface area contributed by atoms with Crippen molar-refractivity contribution in [2.24, 2.45) is 38.2 Å². The largest absolute Gasteiger partial charge is 0.497 e. The van der Waals surface area contributed by atoms with E-state index in [1.54, 1.807) is 31.4 Å². The number of hydrogen-bond donors (Lipinski definition) is 0. The number of hydrogen-bond acceptors (Lipinski definition) is 8. The van der Waals surface area contributed by atoms with Crippen LogP contribution in [-0.2, 0) is 4.74 Å². The molecule has 0 heterocycles. The van der Waals surface area contributed by atoms with Gasteiger partial charge in [-0.05, 0) is 112 Å². The lowest BCUT2D eigenvalue weighted by molar-refractivity contribution is -0.0271. The van der Waals surface area contributed by atoms with Crippen molar-refractivity contribution in [3.8, 4) is 5.75 Å². The van der Waals surface area contributed by atoms with E-state index < -0.39 is 0 Å². The van der Waals surface area contributed by atoms with Gasteiger partial charge < -0.3 is 9.47 Å². The molecule has 6 fully saturated rings. The molecule has 6 saturated carbocycles. The summed E-state index contributed by atoms with van der Waals surface area (Å²) in [6.45, 7) is 0.343. The summed E-state index contributed by atoms with van der Waals surface area (Å²) in [5.41, 5.74) is 0.520. The predicted molar refractivity (Wildman–Crippen MR) is 165 cm³/mol. The summed E-state index contributed by atoms with van der Waals surface area (Å²) in [6, 6.07) is 11.0. The number of carbonyl (C=O) groups excluding carboxylic acids is 1. The zero-order valence-corrected chi connectivity index (χ0v) is 25.5. The SMILES string of the molecule is C(=NC1CCCCC1)=NC1CCCCC1.COc1ccc(C(=O)OCCC2(SN=O)C3CC4CC(C3)CC2C4)cc1. The number of nitrogens with zero attached hydrogens (tertiary/aromatic N) is 3. The number of rotatable bonds is 9. The summed E-state index contributed by atoms with van der Waals surface area (Å²) in [5.74, 6) is 3.14. The second kappa shape index (κ2) is 14.8. The molecule has 8 heteroatoms. The van der Waals surface area contributed by atoms with Gasteiger partial charge in [-0.3, -0.25) is 0 Å². The van der Waals surface area contributed by atoms with Gasteiger partial charge in [-0.25, -0.2) is 14.8 Å². The highest BCUT2D eigenvalue weighted by molar-refractivity contribution is 7.99. The highest BCUT2D eigenvalue weighted by atomic mass is 32.2. The summed E-state index contributed by atoms with van der Waals surface area (Å²) in [7, 11) is 1.59. The zero-order chi connectivity index (χ0) is 28.5. The van der Waals surface area contributed by atoms with Crippen molar-refractivity contribution in [2.75, 3.05) is 13.7 Å². The zero-order valence-electron chi connectivity index (χ0n) is 24.7. The Morgan fingerprint density at radius 3 is 1.88 bits per heavy atom. The van der Waals surface area contributed by atoms with Gasteiger partial charge in [0, 0.05) is 16.5 Å². The van der Waals surface area contributed by atoms with E-state index in [0.717, 1.165) is 18.3 Å². The van der Waals surface area contributed by atoms with Crippen molar-refractivity contribution in [2.45, 2.75) is 120 Å². The van der Waals surface area contributed by atoms with Crippen LogP contribution in [0.5, 0.6) is 5.75 Å². The van der Waals surface area contributed by atoms with Gasteiger partial charge in [0.05, 0.1) is 42.1 Å². The molecule has 6 aliphatic rings. The molecule has 0 N–H and O–H groups in total. The fourth-order valence-corrected chi connectivity index (χ4v) is 9.38. The number of nitroso groups, excluding NO2 is 1. The number of esters is 1. The Labute approximate surface area is 249 Å². The molecule has 0 saturated heterocycles. The van der Waals surface area contributed by atoms with Crippen LogP contribution in [0, 0.1) is 28.6 Å². The molecule has 0 spiro atoms. The number of methoxy groups -OCH3 is 1. The van der Waals surface area contributed by atoms with Gasteiger partial charge in [0.1, 0.15) is 5.75 Å². The van der Waals surface area contributed by atoms with Crippen LogP contribution in [0.3, 0.4) is 0 Å². The van der Waals surface area contributed by atoms with Crippen molar-refractivity contribution in [1.82, 2.24) is 0 Å². The van der Waals surface area contributed by atoms with Crippen molar-refractivity contribution in [1.29, 1.82) is 0 Å². The Kier molecular flexibility index (Phi) is 10.9. The average molecular weight is 582 g/mol. The highest BCUT2D eigenvalue weighted by Gasteiger charge is 2.58. The van der Waals surface area contributed by atoms with E-state index in [1.807, 2.05) is 0 Å². The van der Waals surface area contributed by atoms with Gasteiger partial charge in [0.15, 0.2) is 0 Å². The molecule has 1 aromatic carbocycles. The van der Waals surface area contributed by atoms with Crippen LogP contribution in [0.1, 0.15) is 113 Å². The van der Waals surface area contributed by atoms with Crippen LogP contribution in [0.25, 0.3) is 0 Å². The minimum Gasteiger partial charge on any atom is -0.497 e. The van der Waals surface area contributed by atoms with Crippen LogP contribution >= 0.6 is 11.9 Å². The van der Waals surface area contributed by atoms with E-state index in [0.29, 0.717) is 41.8 Å². The molecule has 6 aliphatic carbocycles. The lowest BCUT2D eigenvalue weighted by Crippen LogP contribution is -2.56. The maximum Gasteiger partial charge on any atom is 0.338 e. The van der Waals surface area contributed by atoms with Crippen molar-refractivity contribution in [3.63, 3.8) is 0 Å². The summed E-state index contributed by atoms with van der Waals surface area (Å²) in [4.78, 5) is 32.4. The number of aliphatic imine (C=N–C) groups is 2. The second-order valence-electron chi connectivity index (χ2n) is 13.0. The molecule has 224 valence electrons. The fourth-order valence-electron chi connectivity index (χ4n) is 8.38. The quantitative estimate of drug-likeness (QED) is 0.126. The summed E-state index contributed by atoms with van der Waals surface area (Å²) in [6.07, 6.45) is 20.1. The monoisotopic (exact) mass is 581 g/mol. The minimum atomic E-state index is -0.323. The van der Waals surface area contributed by atoms with E-state index in [9.17, 15) is 9.70 Å². The Morgan fingerprint density at radius 2 is 1.39 bits per heavy atom. The minimum absolute atomic E-state index is 0.130. The summed E-state index contributed by atoms with van der Waals surface area (Å²) < 4.78 is 13.8. The second-order valence-corrected chi connectivity index (χ2v) is 14.1. The number of carbonyl (C=O) groups is 1. The molecule has 7 rings (SSSR count). The number of benzene rings is 1. The van der Waals surface area contributed by atoms with Crippen LogP contribution in [0.2, 0.25) is 0 Å². The molecule has 7 nitrogen and oxygen atoms in total. The van der Waals surface area contributed by atoms with Gasteiger partial charge in [-0.15, -0.1) is 4.91 Å². The average Bonchev–Trinajstić information content (AvgIpc) is 3.01. The van der Waals surface area contributed by atoms with Crippen molar-refractivity contribution < 1.29 is 14.3 Å². The Hall–Kier alpha value is -2.18. The van der Waals surface area contributed by atoms with E-state index in [2.05, 4.69) is 20.6 Å². The maximum atomic E-state index is 12.3. The third-order valence-electron chi connectivity index (χ3n) is 10.4. The van der Waals surface area contributed by atoms with E-state index in [-0.39, 0.29) is 10.7 Å². The van der Waals surface area contributed by atoms with Gasteiger partial charge >= 0.3 is 5.97 Å².